The molecular formula is C20H28FN3O3S. The van der Waals surface area contributed by atoms with E-state index in [1.54, 1.807) is 38.1 Å². The van der Waals surface area contributed by atoms with Crippen LogP contribution in [0.3, 0.4) is 0 Å². The average molecular weight is 410 g/mol. The van der Waals surface area contributed by atoms with E-state index in [1.807, 2.05) is 0 Å². The fraction of sp³-hybridized carbons (Fsp3) is 0.450. The van der Waals surface area contributed by atoms with Gasteiger partial charge in [-0.25, -0.2) is 13.4 Å². The summed E-state index contributed by atoms with van der Waals surface area (Å²) in [5, 5.41) is 3.23. The minimum absolute atomic E-state index is 0.115. The summed E-state index contributed by atoms with van der Waals surface area (Å²) in [6.07, 6.45) is 1.06. The first-order valence-electron chi connectivity index (χ1n) is 9.37. The fourth-order valence-corrected chi connectivity index (χ4v) is 3.64. The second-order valence-corrected chi connectivity index (χ2v) is 8.29. The van der Waals surface area contributed by atoms with E-state index < -0.39 is 16.7 Å². The highest BCUT2D eigenvalue weighted by Crippen LogP contribution is 2.23. The first-order chi connectivity index (χ1) is 13.4. The van der Waals surface area contributed by atoms with Gasteiger partial charge in [0.25, 0.3) is 10.0 Å². The standard InChI is InChI=1S/C20H28FN3O3S/c1-4-11-22-12-13-27-20-10-9-19(16(3)23-20)24-28(25,26)18-7-5-17(6-8-18)15(2)14-21/h5-10,15,22,24H,4,11-14H2,1-3H3. The van der Waals surface area contributed by atoms with Gasteiger partial charge in [-0.1, -0.05) is 26.0 Å². The SMILES string of the molecule is CCCNCCOc1ccc(NS(=O)(=O)c2ccc(C(C)CF)cc2)c(C)n1. The van der Waals surface area contributed by atoms with Gasteiger partial charge in [0.1, 0.15) is 6.61 Å². The van der Waals surface area contributed by atoms with Gasteiger partial charge in [0.05, 0.1) is 23.0 Å². The summed E-state index contributed by atoms with van der Waals surface area (Å²) in [6, 6.07) is 9.49. The third-order valence-electron chi connectivity index (χ3n) is 4.25. The van der Waals surface area contributed by atoms with Crippen molar-refractivity contribution in [2.24, 2.45) is 0 Å². The Morgan fingerprint density at radius 2 is 1.86 bits per heavy atom. The molecule has 0 bridgehead atoms. The maximum atomic E-state index is 12.8. The zero-order chi connectivity index (χ0) is 20.6. The molecule has 1 aromatic carbocycles. The highest BCUT2D eigenvalue weighted by Gasteiger charge is 2.17. The van der Waals surface area contributed by atoms with Crippen molar-refractivity contribution in [1.82, 2.24) is 10.3 Å². The molecule has 6 nitrogen and oxygen atoms in total. The number of anilines is 1. The van der Waals surface area contributed by atoms with Crippen molar-refractivity contribution in [3.63, 3.8) is 0 Å². The average Bonchev–Trinajstić information content (AvgIpc) is 2.69. The number of ether oxygens (including phenoxy) is 1. The molecule has 0 spiro atoms. The summed E-state index contributed by atoms with van der Waals surface area (Å²) in [7, 11) is -3.76. The molecule has 28 heavy (non-hydrogen) atoms. The third-order valence-corrected chi connectivity index (χ3v) is 5.63. The normalized spacial score (nSPS) is 12.6. The van der Waals surface area contributed by atoms with Crippen molar-refractivity contribution in [2.75, 3.05) is 31.1 Å². The number of alkyl halides is 1. The van der Waals surface area contributed by atoms with Crippen LogP contribution in [0.25, 0.3) is 0 Å². The van der Waals surface area contributed by atoms with Gasteiger partial charge in [-0.2, -0.15) is 0 Å². The third kappa shape index (κ3) is 6.17. The molecule has 1 aromatic heterocycles. The molecular weight excluding hydrogens is 381 g/mol. The van der Waals surface area contributed by atoms with Gasteiger partial charge in [0.15, 0.2) is 0 Å². The Morgan fingerprint density at radius 1 is 1.14 bits per heavy atom. The van der Waals surface area contributed by atoms with Crippen LogP contribution in [0.5, 0.6) is 5.88 Å². The quantitative estimate of drug-likeness (QED) is 0.554. The Labute approximate surface area is 166 Å². The molecule has 1 unspecified atom stereocenters. The summed E-state index contributed by atoms with van der Waals surface area (Å²) < 4.78 is 46.1. The van der Waals surface area contributed by atoms with E-state index in [2.05, 4.69) is 21.9 Å². The highest BCUT2D eigenvalue weighted by molar-refractivity contribution is 7.92. The van der Waals surface area contributed by atoms with Crippen molar-refractivity contribution >= 4 is 15.7 Å². The number of benzene rings is 1. The monoisotopic (exact) mass is 409 g/mol. The van der Waals surface area contributed by atoms with Gasteiger partial charge in [0.2, 0.25) is 5.88 Å². The number of hydrogen-bond acceptors (Lipinski definition) is 5. The number of halogens is 1. The smallest absolute Gasteiger partial charge is 0.261 e. The van der Waals surface area contributed by atoms with Gasteiger partial charge in [-0.05, 0) is 43.7 Å². The van der Waals surface area contributed by atoms with E-state index in [-0.39, 0.29) is 10.8 Å². The number of aromatic nitrogens is 1. The summed E-state index contributed by atoms with van der Waals surface area (Å²) >= 11 is 0. The predicted molar refractivity (Wildman–Crippen MR) is 109 cm³/mol. The van der Waals surface area contributed by atoms with Crippen LogP contribution < -0.4 is 14.8 Å². The van der Waals surface area contributed by atoms with E-state index in [0.717, 1.165) is 25.1 Å². The van der Waals surface area contributed by atoms with E-state index in [4.69, 9.17) is 4.74 Å². The topological polar surface area (TPSA) is 80.3 Å². The van der Waals surface area contributed by atoms with Crippen LogP contribution >= 0.6 is 0 Å². The lowest BCUT2D eigenvalue weighted by Gasteiger charge is -2.13. The van der Waals surface area contributed by atoms with Crippen LogP contribution in [-0.2, 0) is 10.0 Å². The number of nitrogens with zero attached hydrogens (tertiary/aromatic N) is 1. The van der Waals surface area contributed by atoms with E-state index in [9.17, 15) is 12.8 Å². The molecule has 0 fully saturated rings. The highest BCUT2D eigenvalue weighted by atomic mass is 32.2. The van der Waals surface area contributed by atoms with Gasteiger partial charge < -0.3 is 10.1 Å². The Hall–Kier alpha value is -2.19. The van der Waals surface area contributed by atoms with E-state index in [0.29, 0.717) is 23.9 Å². The van der Waals surface area contributed by atoms with E-state index in [1.165, 1.54) is 12.1 Å². The summed E-state index contributed by atoms with van der Waals surface area (Å²) in [5.41, 5.74) is 1.66. The maximum Gasteiger partial charge on any atom is 0.261 e. The van der Waals surface area contributed by atoms with Crippen LogP contribution in [0.1, 0.15) is 37.4 Å². The molecule has 0 aliphatic carbocycles. The number of hydrogen-bond donors (Lipinski definition) is 2. The largest absolute Gasteiger partial charge is 0.476 e. The minimum Gasteiger partial charge on any atom is -0.476 e. The minimum atomic E-state index is -3.76. The molecule has 2 N–H and O–H groups in total. The zero-order valence-electron chi connectivity index (χ0n) is 16.5. The Morgan fingerprint density at radius 3 is 2.46 bits per heavy atom. The molecule has 0 aliphatic rings. The molecule has 2 aromatic rings. The lowest BCUT2D eigenvalue weighted by Crippen LogP contribution is -2.21. The summed E-state index contributed by atoms with van der Waals surface area (Å²) in [4.78, 5) is 4.41. The van der Waals surface area contributed by atoms with Crippen LogP contribution in [0, 0.1) is 6.92 Å². The fourth-order valence-electron chi connectivity index (χ4n) is 2.52. The number of pyridine rings is 1. The van der Waals surface area contributed by atoms with Gasteiger partial charge in [-0.15, -0.1) is 0 Å². The van der Waals surface area contributed by atoms with Crippen LogP contribution in [0.2, 0.25) is 0 Å². The number of aryl methyl sites for hydroxylation is 1. The lowest BCUT2D eigenvalue weighted by molar-refractivity contribution is 0.302. The second-order valence-electron chi connectivity index (χ2n) is 6.61. The zero-order valence-corrected chi connectivity index (χ0v) is 17.4. The van der Waals surface area contributed by atoms with Gasteiger partial charge in [0, 0.05) is 18.5 Å². The lowest BCUT2D eigenvalue weighted by atomic mass is 10.0. The van der Waals surface area contributed by atoms with Gasteiger partial charge >= 0.3 is 0 Å². The molecule has 8 heteroatoms. The number of sulfonamides is 1. The predicted octanol–water partition coefficient (Wildman–Crippen LogP) is 3.64. The first kappa shape index (κ1) is 22.1. The Bertz CT molecular complexity index is 857. The maximum absolute atomic E-state index is 12.8. The molecule has 0 amide bonds. The molecule has 1 atom stereocenters. The van der Waals surface area contributed by atoms with Crippen LogP contribution in [0.15, 0.2) is 41.3 Å². The van der Waals surface area contributed by atoms with Crippen molar-refractivity contribution in [2.45, 2.75) is 38.0 Å². The molecule has 0 aliphatic heterocycles. The van der Waals surface area contributed by atoms with Crippen molar-refractivity contribution in [1.29, 1.82) is 0 Å². The molecule has 0 radical (unpaired) electrons. The number of nitrogens with one attached hydrogen (secondary N) is 2. The molecule has 0 saturated carbocycles. The Kier molecular flexibility index (Phi) is 8.19. The summed E-state index contributed by atoms with van der Waals surface area (Å²) in [6.45, 7) is 7.22. The van der Waals surface area contributed by atoms with Gasteiger partial charge in [-0.3, -0.25) is 9.11 Å². The molecule has 1 heterocycles. The molecule has 154 valence electrons. The second kappa shape index (κ2) is 10.4. The van der Waals surface area contributed by atoms with Crippen molar-refractivity contribution in [3.8, 4) is 5.88 Å². The van der Waals surface area contributed by atoms with Crippen LogP contribution in [0.4, 0.5) is 10.1 Å². The Balaban J connectivity index is 2.03. The van der Waals surface area contributed by atoms with Crippen molar-refractivity contribution < 1.29 is 17.5 Å². The number of rotatable bonds is 11. The van der Waals surface area contributed by atoms with Crippen molar-refractivity contribution in [3.05, 3.63) is 47.7 Å². The van der Waals surface area contributed by atoms with E-state index >= 15 is 0 Å². The molecule has 2 rings (SSSR count). The van der Waals surface area contributed by atoms with Crippen LogP contribution in [-0.4, -0.2) is 39.8 Å². The first-order valence-corrected chi connectivity index (χ1v) is 10.9. The molecule has 0 saturated heterocycles. The summed E-state index contributed by atoms with van der Waals surface area (Å²) in [5.74, 6) is 0.184.